The molecule has 0 fully saturated rings. The van der Waals surface area contributed by atoms with Crippen LogP contribution in [0.3, 0.4) is 0 Å². The summed E-state index contributed by atoms with van der Waals surface area (Å²) in [5.74, 6) is 1.31. The average Bonchev–Trinajstić information content (AvgIpc) is 2.96. The lowest BCUT2D eigenvalue weighted by atomic mass is 10.2. The summed E-state index contributed by atoms with van der Waals surface area (Å²) < 4.78 is 5.49. The van der Waals surface area contributed by atoms with Gasteiger partial charge in [-0.05, 0) is 24.3 Å². The third-order valence-electron chi connectivity index (χ3n) is 2.65. The number of pyridine rings is 1. The zero-order chi connectivity index (χ0) is 13.8. The summed E-state index contributed by atoms with van der Waals surface area (Å²) in [6, 6.07) is 13.5. The minimum Gasteiger partial charge on any atom is -0.444 e. The van der Waals surface area contributed by atoms with Crippen LogP contribution in [0.2, 0.25) is 5.02 Å². The maximum atomic E-state index is 6.06. The molecule has 0 radical (unpaired) electrons. The topological polar surface area (TPSA) is 38.9 Å². The standard InChI is InChI=1S/C15H11ClN2OS/c16-13-7-4-8-17-15(13)20-10-12-9-19-14(18-12)11-5-2-1-3-6-11/h1-9H,10H2. The highest BCUT2D eigenvalue weighted by atomic mass is 35.5. The quantitative estimate of drug-likeness (QED) is 0.656. The molecule has 0 bridgehead atoms. The Bertz CT molecular complexity index is 700. The van der Waals surface area contributed by atoms with Crippen molar-refractivity contribution in [1.29, 1.82) is 0 Å². The smallest absolute Gasteiger partial charge is 0.226 e. The number of rotatable bonds is 4. The average molecular weight is 303 g/mol. The van der Waals surface area contributed by atoms with Crippen LogP contribution >= 0.6 is 23.4 Å². The van der Waals surface area contributed by atoms with E-state index in [0.29, 0.717) is 16.7 Å². The van der Waals surface area contributed by atoms with E-state index in [4.69, 9.17) is 16.0 Å². The van der Waals surface area contributed by atoms with Gasteiger partial charge in [-0.3, -0.25) is 0 Å². The summed E-state index contributed by atoms with van der Waals surface area (Å²) in [7, 11) is 0. The van der Waals surface area contributed by atoms with Crippen molar-refractivity contribution in [3.63, 3.8) is 0 Å². The van der Waals surface area contributed by atoms with Crippen molar-refractivity contribution >= 4 is 23.4 Å². The monoisotopic (exact) mass is 302 g/mol. The number of thioether (sulfide) groups is 1. The molecule has 3 rings (SSSR count). The number of hydrogen-bond acceptors (Lipinski definition) is 4. The molecule has 0 spiro atoms. The Balaban J connectivity index is 1.71. The van der Waals surface area contributed by atoms with Crippen LogP contribution in [0.25, 0.3) is 11.5 Å². The fraction of sp³-hybridized carbons (Fsp3) is 0.0667. The van der Waals surface area contributed by atoms with E-state index in [0.717, 1.165) is 16.3 Å². The van der Waals surface area contributed by atoms with Crippen LogP contribution < -0.4 is 0 Å². The first-order valence-corrected chi connectivity index (χ1v) is 7.42. The van der Waals surface area contributed by atoms with Gasteiger partial charge < -0.3 is 4.42 Å². The third kappa shape index (κ3) is 3.03. The molecule has 100 valence electrons. The van der Waals surface area contributed by atoms with Gasteiger partial charge in [-0.2, -0.15) is 0 Å². The van der Waals surface area contributed by atoms with Crippen molar-refractivity contribution < 1.29 is 4.42 Å². The van der Waals surface area contributed by atoms with Crippen LogP contribution in [0.4, 0.5) is 0 Å². The molecule has 5 heteroatoms. The van der Waals surface area contributed by atoms with Gasteiger partial charge >= 0.3 is 0 Å². The number of nitrogens with zero attached hydrogens (tertiary/aromatic N) is 2. The third-order valence-corrected chi connectivity index (χ3v) is 4.11. The Labute approximate surface area is 126 Å². The van der Waals surface area contributed by atoms with Crippen molar-refractivity contribution in [3.8, 4) is 11.5 Å². The lowest BCUT2D eigenvalue weighted by molar-refractivity contribution is 0.573. The van der Waals surface area contributed by atoms with Crippen molar-refractivity contribution in [2.24, 2.45) is 0 Å². The molecular weight excluding hydrogens is 292 g/mol. The molecule has 0 aliphatic rings. The molecule has 0 atom stereocenters. The van der Waals surface area contributed by atoms with E-state index in [-0.39, 0.29) is 0 Å². The van der Waals surface area contributed by atoms with Crippen molar-refractivity contribution in [1.82, 2.24) is 9.97 Å². The van der Waals surface area contributed by atoms with Gasteiger partial charge in [-0.15, -0.1) is 0 Å². The van der Waals surface area contributed by atoms with Crippen LogP contribution in [0.15, 0.2) is 64.4 Å². The molecule has 3 aromatic rings. The van der Waals surface area contributed by atoms with Gasteiger partial charge in [0.05, 0.1) is 10.7 Å². The molecule has 20 heavy (non-hydrogen) atoms. The van der Waals surface area contributed by atoms with Crippen LogP contribution in [-0.2, 0) is 5.75 Å². The number of benzene rings is 1. The lowest BCUT2D eigenvalue weighted by Gasteiger charge is -1.99. The maximum Gasteiger partial charge on any atom is 0.226 e. The predicted octanol–water partition coefficient (Wildman–Crippen LogP) is 4.68. The van der Waals surface area contributed by atoms with Crippen molar-refractivity contribution in [2.75, 3.05) is 0 Å². The fourth-order valence-electron chi connectivity index (χ4n) is 1.71. The summed E-state index contributed by atoms with van der Waals surface area (Å²) in [5.41, 5.74) is 1.84. The summed E-state index contributed by atoms with van der Waals surface area (Å²) in [6.07, 6.45) is 3.40. The van der Waals surface area contributed by atoms with Crippen LogP contribution in [0.5, 0.6) is 0 Å². The Hall–Kier alpha value is -1.78. The second-order valence-electron chi connectivity index (χ2n) is 4.09. The summed E-state index contributed by atoms with van der Waals surface area (Å²) in [4.78, 5) is 8.70. The lowest BCUT2D eigenvalue weighted by Crippen LogP contribution is -1.84. The normalized spacial score (nSPS) is 10.7. The number of hydrogen-bond donors (Lipinski definition) is 0. The van der Waals surface area contributed by atoms with Gasteiger partial charge in [0.1, 0.15) is 11.3 Å². The molecule has 0 aliphatic heterocycles. The maximum absolute atomic E-state index is 6.06. The summed E-state index contributed by atoms with van der Waals surface area (Å²) in [6.45, 7) is 0. The second-order valence-corrected chi connectivity index (χ2v) is 5.46. The Morgan fingerprint density at radius 2 is 1.95 bits per heavy atom. The highest BCUT2D eigenvalue weighted by Gasteiger charge is 2.08. The van der Waals surface area contributed by atoms with Crippen LogP contribution in [0.1, 0.15) is 5.69 Å². The fourth-order valence-corrected chi connectivity index (χ4v) is 2.75. The van der Waals surface area contributed by atoms with Crippen molar-refractivity contribution in [3.05, 3.63) is 65.6 Å². The molecule has 2 heterocycles. The molecule has 0 unspecified atom stereocenters. The van der Waals surface area contributed by atoms with Gasteiger partial charge in [-0.25, -0.2) is 9.97 Å². The van der Waals surface area contributed by atoms with Crippen LogP contribution in [-0.4, -0.2) is 9.97 Å². The van der Waals surface area contributed by atoms with E-state index in [2.05, 4.69) is 9.97 Å². The molecule has 0 amide bonds. The molecular formula is C15H11ClN2OS. The van der Waals surface area contributed by atoms with Crippen LogP contribution in [0, 0.1) is 0 Å². The minimum atomic E-state index is 0.633. The van der Waals surface area contributed by atoms with Gasteiger partial charge in [-0.1, -0.05) is 41.6 Å². The molecule has 0 saturated heterocycles. The molecule has 3 nitrogen and oxygen atoms in total. The van der Waals surface area contributed by atoms with Gasteiger partial charge in [0.25, 0.3) is 0 Å². The highest BCUT2D eigenvalue weighted by molar-refractivity contribution is 7.98. The zero-order valence-electron chi connectivity index (χ0n) is 10.5. The molecule has 2 aromatic heterocycles. The van der Waals surface area contributed by atoms with E-state index >= 15 is 0 Å². The van der Waals surface area contributed by atoms with Crippen molar-refractivity contribution in [2.45, 2.75) is 10.8 Å². The van der Waals surface area contributed by atoms with E-state index in [1.54, 1.807) is 24.2 Å². The first-order chi connectivity index (χ1) is 9.83. The predicted molar refractivity (Wildman–Crippen MR) is 80.7 cm³/mol. The number of aromatic nitrogens is 2. The first-order valence-electron chi connectivity index (χ1n) is 6.06. The Morgan fingerprint density at radius 3 is 2.75 bits per heavy atom. The summed E-state index contributed by atoms with van der Waals surface area (Å²) >= 11 is 7.61. The number of oxazole rings is 1. The molecule has 0 N–H and O–H groups in total. The molecule has 0 saturated carbocycles. The largest absolute Gasteiger partial charge is 0.444 e. The SMILES string of the molecule is Clc1cccnc1SCc1coc(-c2ccccc2)n1. The number of halogens is 1. The summed E-state index contributed by atoms with van der Waals surface area (Å²) in [5, 5.41) is 1.46. The van der Waals surface area contributed by atoms with E-state index < -0.39 is 0 Å². The van der Waals surface area contributed by atoms with Gasteiger partial charge in [0.2, 0.25) is 5.89 Å². The van der Waals surface area contributed by atoms with Gasteiger partial charge in [0, 0.05) is 17.5 Å². The van der Waals surface area contributed by atoms with E-state index in [1.807, 2.05) is 42.5 Å². The van der Waals surface area contributed by atoms with E-state index in [9.17, 15) is 0 Å². The van der Waals surface area contributed by atoms with E-state index in [1.165, 1.54) is 0 Å². The minimum absolute atomic E-state index is 0.633. The molecule has 1 aromatic carbocycles. The molecule has 0 aliphatic carbocycles. The Morgan fingerprint density at radius 1 is 1.10 bits per heavy atom. The highest BCUT2D eigenvalue weighted by Crippen LogP contribution is 2.28. The van der Waals surface area contributed by atoms with Gasteiger partial charge in [0.15, 0.2) is 0 Å². The second kappa shape index (κ2) is 6.11. The first kappa shape index (κ1) is 13.2. The Kier molecular flexibility index (Phi) is 4.04. The zero-order valence-corrected chi connectivity index (χ0v) is 12.1.